The molecule has 6 heteroatoms. The van der Waals surface area contributed by atoms with Crippen LogP contribution in [0.1, 0.15) is 25.8 Å². The molecular formula is C18H25NO5. The molecular weight excluding hydrogens is 310 g/mol. The molecule has 1 aliphatic rings. The molecule has 1 heterocycles. The van der Waals surface area contributed by atoms with Crippen LogP contribution >= 0.6 is 0 Å². The first-order chi connectivity index (χ1) is 11.5. The van der Waals surface area contributed by atoms with Crippen molar-refractivity contribution in [2.75, 3.05) is 13.2 Å². The fourth-order valence-corrected chi connectivity index (χ4v) is 2.58. The van der Waals surface area contributed by atoms with Crippen LogP contribution < -0.4 is 5.32 Å². The maximum absolute atomic E-state index is 12.0. The molecule has 0 saturated carbocycles. The molecule has 0 aliphatic carbocycles. The molecule has 1 unspecified atom stereocenters. The van der Waals surface area contributed by atoms with Gasteiger partial charge < -0.3 is 19.9 Å². The van der Waals surface area contributed by atoms with Crippen molar-refractivity contribution >= 4 is 11.9 Å². The molecule has 24 heavy (non-hydrogen) atoms. The molecule has 1 aliphatic heterocycles. The monoisotopic (exact) mass is 335 g/mol. The minimum Gasteiger partial charge on any atom is -0.479 e. The Morgan fingerprint density at radius 1 is 1.25 bits per heavy atom. The molecule has 1 aromatic carbocycles. The van der Waals surface area contributed by atoms with Crippen LogP contribution in [0.25, 0.3) is 0 Å². The van der Waals surface area contributed by atoms with Gasteiger partial charge in [-0.3, -0.25) is 4.79 Å². The van der Waals surface area contributed by atoms with Crippen LogP contribution in [-0.4, -0.2) is 48.4 Å². The molecule has 0 radical (unpaired) electrons. The number of benzene rings is 1. The highest BCUT2D eigenvalue weighted by molar-refractivity contribution is 5.92. The molecule has 2 N–H and O–H groups in total. The SMILES string of the molecule is CC(C)CC(COCCc1ccccc1)NC(=O)[C@H]1O[C@@H]1C(=O)O. The molecule has 1 saturated heterocycles. The Labute approximate surface area is 142 Å². The summed E-state index contributed by atoms with van der Waals surface area (Å²) in [6.07, 6.45) is -0.303. The Hall–Kier alpha value is -1.92. The zero-order valence-corrected chi connectivity index (χ0v) is 14.1. The quantitative estimate of drug-likeness (QED) is 0.501. The van der Waals surface area contributed by atoms with Gasteiger partial charge in [0.25, 0.3) is 5.91 Å². The van der Waals surface area contributed by atoms with Gasteiger partial charge in [0.05, 0.1) is 19.3 Å². The van der Waals surface area contributed by atoms with Gasteiger partial charge in [0.2, 0.25) is 0 Å². The topological polar surface area (TPSA) is 88.2 Å². The van der Waals surface area contributed by atoms with Crippen molar-refractivity contribution in [3.63, 3.8) is 0 Å². The minimum atomic E-state index is -1.10. The normalized spacial score (nSPS) is 20.6. The van der Waals surface area contributed by atoms with Crippen LogP contribution in [0.5, 0.6) is 0 Å². The predicted octanol–water partition coefficient (Wildman–Crippen LogP) is 1.63. The summed E-state index contributed by atoms with van der Waals surface area (Å²) in [6, 6.07) is 9.91. The summed E-state index contributed by atoms with van der Waals surface area (Å²) < 4.78 is 10.6. The molecule has 1 fully saturated rings. The number of hydrogen-bond donors (Lipinski definition) is 2. The maximum Gasteiger partial charge on any atom is 0.336 e. The van der Waals surface area contributed by atoms with E-state index < -0.39 is 18.2 Å². The number of aliphatic carboxylic acids is 1. The van der Waals surface area contributed by atoms with Crippen molar-refractivity contribution in [1.82, 2.24) is 5.32 Å². The third kappa shape index (κ3) is 5.94. The van der Waals surface area contributed by atoms with Crippen molar-refractivity contribution in [2.45, 2.75) is 44.9 Å². The van der Waals surface area contributed by atoms with Gasteiger partial charge in [-0.05, 0) is 24.3 Å². The number of rotatable bonds is 10. The summed E-state index contributed by atoms with van der Waals surface area (Å²) in [5, 5.41) is 11.6. The van der Waals surface area contributed by atoms with Crippen molar-refractivity contribution in [3.05, 3.63) is 35.9 Å². The number of amides is 1. The van der Waals surface area contributed by atoms with Crippen LogP contribution in [0.15, 0.2) is 30.3 Å². The van der Waals surface area contributed by atoms with Crippen molar-refractivity contribution < 1.29 is 24.2 Å². The molecule has 1 amide bonds. The van der Waals surface area contributed by atoms with E-state index in [1.807, 2.05) is 30.3 Å². The zero-order valence-electron chi connectivity index (χ0n) is 14.1. The second-order valence-corrected chi connectivity index (χ2v) is 6.46. The lowest BCUT2D eigenvalue weighted by atomic mass is 10.0. The molecule has 2 rings (SSSR count). The van der Waals surface area contributed by atoms with Crippen molar-refractivity contribution in [2.24, 2.45) is 5.92 Å². The van der Waals surface area contributed by atoms with Crippen LogP contribution in [0, 0.1) is 5.92 Å². The Balaban J connectivity index is 1.74. The lowest BCUT2D eigenvalue weighted by molar-refractivity contribution is -0.138. The first kappa shape index (κ1) is 18.4. The molecule has 3 atom stereocenters. The number of nitrogens with one attached hydrogen (secondary N) is 1. The molecule has 6 nitrogen and oxygen atoms in total. The summed E-state index contributed by atoms with van der Waals surface area (Å²) >= 11 is 0. The summed E-state index contributed by atoms with van der Waals surface area (Å²) in [7, 11) is 0. The van der Waals surface area contributed by atoms with Gasteiger partial charge in [-0.15, -0.1) is 0 Å². The standard InChI is InChI=1S/C18H25NO5/c1-12(2)10-14(19-17(20)15-16(24-15)18(21)22)11-23-9-8-13-6-4-3-5-7-13/h3-7,12,14-16H,8-11H2,1-2H3,(H,19,20)(H,21,22)/t14?,15-,16-/m0/s1. The molecule has 1 aromatic rings. The van der Waals surface area contributed by atoms with E-state index >= 15 is 0 Å². The predicted molar refractivity (Wildman–Crippen MR) is 88.6 cm³/mol. The van der Waals surface area contributed by atoms with Gasteiger partial charge in [0.15, 0.2) is 12.2 Å². The highest BCUT2D eigenvalue weighted by atomic mass is 16.6. The van der Waals surface area contributed by atoms with E-state index in [1.165, 1.54) is 5.56 Å². The fraction of sp³-hybridized carbons (Fsp3) is 0.556. The zero-order chi connectivity index (χ0) is 17.5. The van der Waals surface area contributed by atoms with Gasteiger partial charge in [-0.1, -0.05) is 44.2 Å². The van der Waals surface area contributed by atoms with E-state index in [-0.39, 0.29) is 11.9 Å². The number of carbonyl (C=O) groups excluding carboxylic acids is 1. The highest BCUT2D eigenvalue weighted by Gasteiger charge is 2.51. The highest BCUT2D eigenvalue weighted by Crippen LogP contribution is 2.22. The third-order valence-electron chi connectivity index (χ3n) is 3.79. The number of carbonyl (C=O) groups is 2. The lowest BCUT2D eigenvalue weighted by Gasteiger charge is -2.20. The number of carboxylic acid groups (broad SMARTS) is 1. The summed E-state index contributed by atoms with van der Waals surface area (Å²) in [4.78, 5) is 22.8. The van der Waals surface area contributed by atoms with Crippen LogP contribution in [0.3, 0.4) is 0 Å². The van der Waals surface area contributed by atoms with Gasteiger partial charge in [0.1, 0.15) is 0 Å². The second kappa shape index (κ2) is 8.80. The van der Waals surface area contributed by atoms with E-state index in [2.05, 4.69) is 19.2 Å². The molecule has 0 aromatic heterocycles. The molecule has 0 bridgehead atoms. The molecule has 132 valence electrons. The first-order valence-electron chi connectivity index (χ1n) is 8.27. The van der Waals surface area contributed by atoms with Gasteiger partial charge in [0, 0.05) is 0 Å². The first-order valence-corrected chi connectivity index (χ1v) is 8.27. The van der Waals surface area contributed by atoms with Crippen LogP contribution in [0.4, 0.5) is 0 Å². The fourth-order valence-electron chi connectivity index (χ4n) is 2.58. The van der Waals surface area contributed by atoms with Gasteiger partial charge in [-0.25, -0.2) is 4.79 Å². The van der Waals surface area contributed by atoms with Crippen molar-refractivity contribution in [3.8, 4) is 0 Å². The number of ether oxygens (including phenoxy) is 2. The second-order valence-electron chi connectivity index (χ2n) is 6.46. The van der Waals surface area contributed by atoms with Crippen molar-refractivity contribution in [1.29, 1.82) is 0 Å². The average Bonchev–Trinajstić information content (AvgIpc) is 3.33. The Morgan fingerprint density at radius 2 is 1.96 bits per heavy atom. The van der Waals surface area contributed by atoms with E-state index in [0.717, 1.165) is 12.8 Å². The van der Waals surface area contributed by atoms with E-state index in [1.54, 1.807) is 0 Å². The minimum absolute atomic E-state index is 0.146. The van der Waals surface area contributed by atoms with Crippen LogP contribution in [-0.2, 0) is 25.5 Å². The van der Waals surface area contributed by atoms with E-state index in [0.29, 0.717) is 19.1 Å². The summed E-state index contributed by atoms with van der Waals surface area (Å²) in [5.41, 5.74) is 1.21. The summed E-state index contributed by atoms with van der Waals surface area (Å²) in [5.74, 6) is -1.09. The number of carboxylic acids is 1. The Bertz CT molecular complexity index is 546. The van der Waals surface area contributed by atoms with Gasteiger partial charge >= 0.3 is 5.97 Å². The smallest absolute Gasteiger partial charge is 0.336 e. The van der Waals surface area contributed by atoms with E-state index in [9.17, 15) is 9.59 Å². The van der Waals surface area contributed by atoms with Gasteiger partial charge in [-0.2, -0.15) is 0 Å². The van der Waals surface area contributed by atoms with E-state index in [4.69, 9.17) is 14.6 Å². The largest absolute Gasteiger partial charge is 0.479 e. The Morgan fingerprint density at radius 3 is 2.54 bits per heavy atom. The average molecular weight is 335 g/mol. The summed E-state index contributed by atoms with van der Waals surface area (Å²) in [6.45, 7) is 5.11. The molecule has 0 spiro atoms. The Kier molecular flexibility index (Phi) is 6.75. The number of epoxide rings is 1. The number of hydrogen-bond acceptors (Lipinski definition) is 4. The van der Waals surface area contributed by atoms with Crippen LogP contribution in [0.2, 0.25) is 0 Å². The maximum atomic E-state index is 12.0. The lowest BCUT2D eigenvalue weighted by Crippen LogP contribution is -2.42. The third-order valence-corrected chi connectivity index (χ3v) is 3.79.